The Bertz CT molecular complexity index is 1090. The molecule has 9 heteroatoms. The Hall–Kier alpha value is -3.20. The first-order valence-electron chi connectivity index (χ1n) is 10.8. The van der Waals surface area contributed by atoms with Gasteiger partial charge in [0, 0.05) is 24.7 Å². The molecule has 2 aliphatic rings. The van der Waals surface area contributed by atoms with Gasteiger partial charge >= 0.3 is 6.18 Å². The number of nitrogens with one attached hydrogen (secondary N) is 1. The number of carbonyl (C=O) groups is 2. The molecule has 0 spiro atoms. The molecule has 1 saturated carbocycles. The molecule has 1 heterocycles. The monoisotopic (exact) mass is 458 g/mol. The summed E-state index contributed by atoms with van der Waals surface area (Å²) < 4.78 is 39.2. The molecule has 3 N–H and O–H groups in total. The van der Waals surface area contributed by atoms with Crippen LogP contribution >= 0.6 is 0 Å². The molecular formula is C24H25F3N4O2. The van der Waals surface area contributed by atoms with Gasteiger partial charge in [-0.25, -0.2) is 4.99 Å². The van der Waals surface area contributed by atoms with Crippen LogP contribution in [-0.4, -0.2) is 37.3 Å². The smallest absolute Gasteiger partial charge is 0.329 e. The Morgan fingerprint density at radius 3 is 2.39 bits per heavy atom. The number of nitrogens with zero attached hydrogens (tertiary/aromatic N) is 2. The number of fused-ring (bicyclic) bond motifs is 1. The lowest BCUT2D eigenvalue weighted by Gasteiger charge is -2.28. The molecule has 2 amide bonds. The summed E-state index contributed by atoms with van der Waals surface area (Å²) in [6.45, 7) is 0.172. The van der Waals surface area contributed by atoms with Crippen LogP contribution in [0.2, 0.25) is 0 Å². The second-order valence-electron chi connectivity index (χ2n) is 8.53. The zero-order valence-corrected chi connectivity index (χ0v) is 18.2. The standard InChI is InChI=1S/C24H25F3N4O2/c1-31-18-7-3-2-6-17(18)19(15-8-10-16(11-9-15)24(25,26)27)29-20(21(31)32)30-22(33)23(14-28)12-4-5-13-23/h2-3,6-11,20H,4-5,12-14,28H2,1H3,(H,30,33). The fourth-order valence-electron chi connectivity index (χ4n) is 4.52. The second kappa shape index (κ2) is 8.62. The zero-order chi connectivity index (χ0) is 23.8. The Labute approximate surface area is 189 Å². The van der Waals surface area contributed by atoms with E-state index < -0.39 is 29.2 Å². The molecule has 1 aliphatic carbocycles. The molecule has 1 aliphatic heterocycles. The van der Waals surface area contributed by atoms with Gasteiger partial charge in [0.15, 0.2) is 0 Å². The maximum Gasteiger partial charge on any atom is 0.416 e. The van der Waals surface area contributed by atoms with E-state index in [1.54, 1.807) is 31.3 Å². The first-order chi connectivity index (χ1) is 15.7. The van der Waals surface area contributed by atoms with Gasteiger partial charge in [-0.3, -0.25) is 9.59 Å². The van der Waals surface area contributed by atoms with E-state index in [0.29, 0.717) is 35.4 Å². The number of aliphatic imine (C=N–C) groups is 1. The van der Waals surface area contributed by atoms with E-state index >= 15 is 0 Å². The largest absolute Gasteiger partial charge is 0.416 e. The topological polar surface area (TPSA) is 87.8 Å². The summed E-state index contributed by atoms with van der Waals surface area (Å²) in [5.41, 5.74) is 6.28. The molecule has 1 fully saturated rings. The number of rotatable bonds is 4. The number of para-hydroxylation sites is 1. The number of benzodiazepines with no additional fused rings is 1. The Morgan fingerprint density at radius 1 is 1.15 bits per heavy atom. The lowest BCUT2D eigenvalue weighted by molar-refractivity contribution is -0.137. The summed E-state index contributed by atoms with van der Waals surface area (Å²) in [4.78, 5) is 32.3. The fraction of sp³-hybridized carbons (Fsp3) is 0.375. The molecule has 33 heavy (non-hydrogen) atoms. The highest BCUT2D eigenvalue weighted by Crippen LogP contribution is 2.38. The summed E-state index contributed by atoms with van der Waals surface area (Å²) in [6.07, 6.45) is -2.64. The molecule has 1 atom stereocenters. The van der Waals surface area contributed by atoms with Crippen LogP contribution in [0.25, 0.3) is 0 Å². The number of halogens is 3. The zero-order valence-electron chi connectivity index (χ0n) is 18.2. The molecule has 6 nitrogen and oxygen atoms in total. The highest BCUT2D eigenvalue weighted by atomic mass is 19.4. The van der Waals surface area contributed by atoms with E-state index in [1.165, 1.54) is 17.0 Å². The van der Waals surface area contributed by atoms with Gasteiger partial charge in [0.25, 0.3) is 5.91 Å². The highest BCUT2D eigenvalue weighted by Gasteiger charge is 2.42. The number of amides is 2. The van der Waals surface area contributed by atoms with E-state index in [-0.39, 0.29) is 12.5 Å². The van der Waals surface area contributed by atoms with Crippen LogP contribution in [0.15, 0.2) is 53.5 Å². The van der Waals surface area contributed by atoms with E-state index in [4.69, 9.17) is 5.73 Å². The molecular weight excluding hydrogens is 433 g/mol. The third kappa shape index (κ3) is 4.25. The van der Waals surface area contributed by atoms with Gasteiger partial charge in [-0.05, 0) is 31.0 Å². The Morgan fingerprint density at radius 2 is 1.79 bits per heavy atom. The van der Waals surface area contributed by atoms with Crippen molar-refractivity contribution < 1.29 is 22.8 Å². The van der Waals surface area contributed by atoms with E-state index in [9.17, 15) is 22.8 Å². The van der Waals surface area contributed by atoms with Crippen molar-refractivity contribution in [3.05, 3.63) is 65.2 Å². The fourth-order valence-corrected chi connectivity index (χ4v) is 4.52. The number of benzene rings is 2. The molecule has 0 saturated heterocycles. The lowest BCUT2D eigenvalue weighted by Crippen LogP contribution is -2.52. The number of hydrogen-bond donors (Lipinski definition) is 2. The minimum Gasteiger partial charge on any atom is -0.329 e. The summed E-state index contributed by atoms with van der Waals surface area (Å²) in [6, 6.07) is 11.6. The Kier molecular flexibility index (Phi) is 6.00. The normalized spacial score (nSPS) is 20.2. The second-order valence-corrected chi connectivity index (χ2v) is 8.53. The number of hydrogen-bond acceptors (Lipinski definition) is 4. The van der Waals surface area contributed by atoms with Crippen LogP contribution in [0, 0.1) is 5.41 Å². The van der Waals surface area contributed by atoms with Gasteiger partial charge < -0.3 is 16.0 Å². The van der Waals surface area contributed by atoms with Gasteiger partial charge in [0.05, 0.1) is 22.4 Å². The van der Waals surface area contributed by atoms with Gasteiger partial charge in [0.2, 0.25) is 12.1 Å². The Balaban J connectivity index is 1.77. The van der Waals surface area contributed by atoms with Crippen molar-refractivity contribution >= 4 is 23.2 Å². The van der Waals surface area contributed by atoms with Crippen LogP contribution in [0.4, 0.5) is 18.9 Å². The van der Waals surface area contributed by atoms with Crippen LogP contribution in [0.1, 0.15) is 42.4 Å². The van der Waals surface area contributed by atoms with Crippen LogP contribution < -0.4 is 16.0 Å². The highest BCUT2D eigenvalue weighted by molar-refractivity contribution is 6.20. The van der Waals surface area contributed by atoms with Gasteiger partial charge in [0.1, 0.15) is 0 Å². The van der Waals surface area contributed by atoms with Crippen molar-refractivity contribution in [3.8, 4) is 0 Å². The predicted molar refractivity (Wildman–Crippen MR) is 119 cm³/mol. The average molecular weight is 458 g/mol. The predicted octanol–water partition coefficient (Wildman–Crippen LogP) is 3.48. The van der Waals surface area contributed by atoms with E-state index in [0.717, 1.165) is 25.0 Å². The summed E-state index contributed by atoms with van der Waals surface area (Å²) in [5.74, 6) is -0.765. The van der Waals surface area contributed by atoms with E-state index in [2.05, 4.69) is 10.3 Å². The van der Waals surface area contributed by atoms with Gasteiger partial charge in [-0.15, -0.1) is 0 Å². The number of likely N-dealkylation sites (N-methyl/N-ethyl adjacent to an activating group) is 1. The maximum absolute atomic E-state index is 13.2. The van der Waals surface area contributed by atoms with Crippen molar-refractivity contribution in [1.29, 1.82) is 0 Å². The summed E-state index contributed by atoms with van der Waals surface area (Å²) >= 11 is 0. The molecule has 174 valence electrons. The quantitative estimate of drug-likeness (QED) is 0.736. The molecule has 1 unspecified atom stereocenters. The summed E-state index contributed by atoms with van der Waals surface area (Å²) in [7, 11) is 1.58. The average Bonchev–Trinajstić information content (AvgIpc) is 3.27. The van der Waals surface area contributed by atoms with Crippen LogP contribution in [0.5, 0.6) is 0 Å². The molecule has 0 bridgehead atoms. The third-order valence-electron chi connectivity index (χ3n) is 6.53. The minimum atomic E-state index is -4.47. The number of anilines is 1. The van der Waals surface area contributed by atoms with Crippen molar-refractivity contribution in [2.45, 2.75) is 38.0 Å². The molecule has 2 aromatic rings. The van der Waals surface area contributed by atoms with Gasteiger partial charge in [-0.2, -0.15) is 13.2 Å². The first kappa shape index (κ1) is 23.0. The minimum absolute atomic E-state index is 0.172. The maximum atomic E-state index is 13.2. The number of alkyl halides is 3. The molecule has 0 aromatic heterocycles. The first-order valence-corrected chi connectivity index (χ1v) is 10.8. The lowest BCUT2D eigenvalue weighted by atomic mass is 9.85. The van der Waals surface area contributed by atoms with Crippen molar-refractivity contribution in [2.24, 2.45) is 16.1 Å². The van der Waals surface area contributed by atoms with Crippen LogP contribution in [0.3, 0.4) is 0 Å². The molecule has 4 rings (SSSR count). The van der Waals surface area contributed by atoms with Gasteiger partial charge in [-0.1, -0.05) is 43.2 Å². The molecule has 2 aromatic carbocycles. The van der Waals surface area contributed by atoms with Crippen LogP contribution in [-0.2, 0) is 15.8 Å². The third-order valence-corrected chi connectivity index (χ3v) is 6.53. The number of nitrogens with two attached hydrogens (primary N) is 1. The number of carbonyl (C=O) groups excluding carboxylic acids is 2. The van der Waals surface area contributed by atoms with Crippen molar-refractivity contribution in [3.63, 3.8) is 0 Å². The van der Waals surface area contributed by atoms with E-state index in [1.807, 2.05) is 0 Å². The molecule has 0 radical (unpaired) electrons. The van der Waals surface area contributed by atoms with Crippen molar-refractivity contribution in [1.82, 2.24) is 5.32 Å². The SMILES string of the molecule is CN1C(=O)C(NC(=O)C2(CN)CCCC2)N=C(c2ccc(C(F)(F)F)cc2)c2ccccc21. The van der Waals surface area contributed by atoms with Crippen molar-refractivity contribution in [2.75, 3.05) is 18.5 Å². The summed E-state index contributed by atoms with van der Waals surface area (Å²) in [5, 5.41) is 2.77.